The molecule has 28 heavy (non-hydrogen) atoms. The topological polar surface area (TPSA) is 73.8 Å². The molecule has 1 aromatic carbocycles. The number of hydrogen-bond donors (Lipinski definition) is 2. The van der Waals surface area contributed by atoms with E-state index in [4.69, 9.17) is 0 Å². The normalized spacial score (nSPS) is 12.0. The summed E-state index contributed by atoms with van der Waals surface area (Å²) in [5.41, 5.74) is 1.10. The van der Waals surface area contributed by atoms with E-state index in [0.29, 0.717) is 4.90 Å². The molecule has 0 spiro atoms. The largest absolute Gasteiger partial charge is 0.356 e. The smallest absolute Gasteiger partial charge is 0.190 e. The molecule has 0 bridgehead atoms. The molecule has 8 heteroatoms. The monoisotopic (exact) mass is 524 g/mol. The van der Waals surface area contributed by atoms with Gasteiger partial charge in [-0.25, -0.2) is 8.42 Å². The summed E-state index contributed by atoms with van der Waals surface area (Å²) < 4.78 is 22.9. The Labute approximate surface area is 188 Å². The molecule has 162 valence electrons. The molecule has 1 rings (SSSR count). The van der Waals surface area contributed by atoms with Gasteiger partial charge in [0.1, 0.15) is 0 Å². The molecule has 0 heterocycles. The Hall–Kier alpha value is -0.870. The predicted octanol–water partition coefficient (Wildman–Crippen LogP) is 2.93. The van der Waals surface area contributed by atoms with E-state index in [-0.39, 0.29) is 24.0 Å². The summed E-state index contributed by atoms with van der Waals surface area (Å²) in [6, 6.07) is 7.06. The molecule has 0 saturated carbocycles. The van der Waals surface area contributed by atoms with Crippen molar-refractivity contribution in [1.82, 2.24) is 15.5 Å². The summed E-state index contributed by atoms with van der Waals surface area (Å²) >= 11 is 0. The molecule has 0 fully saturated rings. The van der Waals surface area contributed by atoms with Crippen LogP contribution in [0.1, 0.15) is 37.7 Å². The van der Waals surface area contributed by atoms with Crippen LogP contribution in [0.4, 0.5) is 0 Å². The van der Waals surface area contributed by atoms with Crippen LogP contribution in [0, 0.1) is 0 Å². The fraction of sp³-hybridized carbons (Fsp3) is 0.650. The Balaban J connectivity index is 0.00000729. The highest BCUT2D eigenvalue weighted by Crippen LogP contribution is 2.10. The molecule has 0 atom stereocenters. The van der Waals surface area contributed by atoms with Crippen molar-refractivity contribution in [3.63, 3.8) is 0 Å². The first-order valence-corrected chi connectivity index (χ1v) is 11.6. The second kappa shape index (κ2) is 15.0. The van der Waals surface area contributed by atoms with Gasteiger partial charge in [-0.2, -0.15) is 0 Å². The lowest BCUT2D eigenvalue weighted by Gasteiger charge is -2.12. The number of sulfone groups is 1. The van der Waals surface area contributed by atoms with Crippen molar-refractivity contribution >= 4 is 39.8 Å². The van der Waals surface area contributed by atoms with Crippen LogP contribution in [0.3, 0.4) is 0 Å². The molecule has 0 aliphatic carbocycles. The number of guanidine groups is 1. The Kier molecular flexibility index (Phi) is 14.6. The minimum atomic E-state index is -3.13. The summed E-state index contributed by atoms with van der Waals surface area (Å²) in [5.74, 6) is 0.815. The first-order valence-electron chi connectivity index (χ1n) is 9.71. The number of nitrogens with one attached hydrogen (secondary N) is 2. The Bertz CT molecular complexity index is 661. The van der Waals surface area contributed by atoms with Gasteiger partial charge >= 0.3 is 0 Å². The third-order valence-corrected chi connectivity index (χ3v) is 5.48. The van der Waals surface area contributed by atoms with Crippen molar-refractivity contribution in [2.24, 2.45) is 4.99 Å². The molecule has 0 unspecified atom stereocenters. The molecule has 0 saturated heterocycles. The zero-order chi connectivity index (χ0) is 20.1. The summed E-state index contributed by atoms with van der Waals surface area (Å²) in [7, 11) is 2.88. The van der Waals surface area contributed by atoms with E-state index >= 15 is 0 Å². The number of benzene rings is 1. The molecular formula is C20H37IN4O2S. The van der Waals surface area contributed by atoms with E-state index in [1.165, 1.54) is 38.5 Å². The maximum Gasteiger partial charge on any atom is 0.190 e. The van der Waals surface area contributed by atoms with Gasteiger partial charge in [0.15, 0.2) is 15.8 Å². The van der Waals surface area contributed by atoms with Crippen LogP contribution in [-0.2, 0) is 16.3 Å². The Morgan fingerprint density at radius 3 is 2.11 bits per heavy atom. The molecule has 0 amide bonds. The molecule has 0 aliphatic rings. The molecule has 0 aromatic heterocycles. The summed E-state index contributed by atoms with van der Waals surface area (Å²) in [6.07, 6.45) is 8.28. The molecule has 1 aromatic rings. The van der Waals surface area contributed by atoms with E-state index < -0.39 is 9.84 Å². The lowest BCUT2D eigenvalue weighted by molar-refractivity contribution is 0.389. The quantitative estimate of drug-likeness (QED) is 0.191. The minimum Gasteiger partial charge on any atom is -0.356 e. The van der Waals surface area contributed by atoms with E-state index in [2.05, 4.69) is 34.6 Å². The summed E-state index contributed by atoms with van der Waals surface area (Å²) in [4.78, 5) is 6.83. The fourth-order valence-corrected chi connectivity index (χ4v) is 3.37. The van der Waals surface area contributed by atoms with Crippen molar-refractivity contribution in [3.8, 4) is 0 Å². The van der Waals surface area contributed by atoms with Crippen molar-refractivity contribution in [3.05, 3.63) is 29.8 Å². The highest BCUT2D eigenvalue weighted by Gasteiger charge is 2.06. The molecule has 6 nitrogen and oxygen atoms in total. The van der Waals surface area contributed by atoms with Crippen LogP contribution in [0.5, 0.6) is 0 Å². The van der Waals surface area contributed by atoms with Gasteiger partial charge in [-0.05, 0) is 57.6 Å². The second-order valence-corrected chi connectivity index (χ2v) is 9.18. The average molecular weight is 525 g/mol. The van der Waals surface area contributed by atoms with E-state index in [0.717, 1.165) is 37.5 Å². The van der Waals surface area contributed by atoms with Crippen molar-refractivity contribution in [1.29, 1.82) is 0 Å². The zero-order valence-corrected chi connectivity index (χ0v) is 20.8. The average Bonchev–Trinajstić information content (AvgIpc) is 2.61. The first kappa shape index (κ1) is 27.1. The van der Waals surface area contributed by atoms with Crippen LogP contribution in [0.15, 0.2) is 34.2 Å². The maximum absolute atomic E-state index is 11.5. The number of hydrogen-bond acceptors (Lipinski definition) is 4. The third kappa shape index (κ3) is 12.6. The van der Waals surface area contributed by atoms with Crippen LogP contribution in [-0.4, -0.2) is 66.3 Å². The van der Waals surface area contributed by atoms with Gasteiger partial charge in [0.2, 0.25) is 0 Å². The van der Waals surface area contributed by atoms with Gasteiger partial charge in [0.05, 0.1) is 4.90 Å². The van der Waals surface area contributed by atoms with Gasteiger partial charge < -0.3 is 15.5 Å². The lowest BCUT2D eigenvalue weighted by atomic mass is 10.1. The molecule has 2 N–H and O–H groups in total. The van der Waals surface area contributed by atoms with Crippen LogP contribution >= 0.6 is 24.0 Å². The minimum absolute atomic E-state index is 0. The fourth-order valence-electron chi connectivity index (χ4n) is 2.74. The first-order chi connectivity index (χ1) is 12.8. The Morgan fingerprint density at radius 2 is 1.54 bits per heavy atom. The van der Waals surface area contributed by atoms with Crippen molar-refractivity contribution < 1.29 is 8.42 Å². The highest BCUT2D eigenvalue weighted by molar-refractivity contribution is 14.0. The Morgan fingerprint density at radius 1 is 0.964 bits per heavy atom. The second-order valence-electron chi connectivity index (χ2n) is 7.16. The van der Waals surface area contributed by atoms with Gasteiger partial charge in [-0.15, -0.1) is 24.0 Å². The number of halogens is 1. The molecular weight excluding hydrogens is 487 g/mol. The SMILES string of the molecule is CN=C(NCCCCCCCN(C)C)NCCc1ccc(S(C)(=O)=O)cc1.I. The standard InChI is InChI=1S/C20H36N4O2S.HI/c1-21-20(22-15-8-6-5-7-9-17-24(2)3)23-16-14-18-10-12-19(13-11-18)27(4,25)26;/h10-13H,5-9,14-17H2,1-4H3,(H2,21,22,23);1H. The molecule has 0 radical (unpaired) electrons. The van der Waals surface area contributed by atoms with Crippen LogP contribution < -0.4 is 10.6 Å². The van der Waals surface area contributed by atoms with E-state index in [1.54, 1.807) is 19.2 Å². The van der Waals surface area contributed by atoms with Crippen molar-refractivity contribution in [2.45, 2.75) is 43.4 Å². The van der Waals surface area contributed by atoms with Gasteiger partial charge in [0, 0.05) is 26.4 Å². The molecule has 0 aliphatic heterocycles. The van der Waals surface area contributed by atoms with Crippen molar-refractivity contribution in [2.75, 3.05) is 47.0 Å². The van der Waals surface area contributed by atoms with Gasteiger partial charge in [-0.3, -0.25) is 4.99 Å². The maximum atomic E-state index is 11.5. The number of unbranched alkanes of at least 4 members (excludes halogenated alkanes) is 4. The summed E-state index contributed by atoms with van der Waals surface area (Å²) in [6.45, 7) is 2.85. The number of nitrogens with zero attached hydrogens (tertiary/aromatic N) is 2. The lowest BCUT2D eigenvalue weighted by Crippen LogP contribution is -2.38. The third-order valence-electron chi connectivity index (χ3n) is 4.36. The zero-order valence-electron chi connectivity index (χ0n) is 17.7. The van der Waals surface area contributed by atoms with Gasteiger partial charge in [-0.1, -0.05) is 31.4 Å². The van der Waals surface area contributed by atoms with E-state index in [1.807, 2.05) is 12.1 Å². The summed E-state index contributed by atoms with van der Waals surface area (Å²) in [5, 5.41) is 6.65. The van der Waals surface area contributed by atoms with Gasteiger partial charge in [0.25, 0.3) is 0 Å². The number of rotatable bonds is 12. The van der Waals surface area contributed by atoms with E-state index in [9.17, 15) is 8.42 Å². The van der Waals surface area contributed by atoms with Crippen LogP contribution in [0.2, 0.25) is 0 Å². The number of aliphatic imine (C=N–C) groups is 1. The van der Waals surface area contributed by atoms with Crippen LogP contribution in [0.25, 0.3) is 0 Å². The predicted molar refractivity (Wildman–Crippen MR) is 130 cm³/mol. The highest BCUT2D eigenvalue weighted by atomic mass is 127.